The van der Waals surface area contributed by atoms with Gasteiger partial charge in [0, 0.05) is 7.05 Å². The van der Waals surface area contributed by atoms with Gasteiger partial charge in [0.2, 0.25) is 5.91 Å². The minimum absolute atomic E-state index is 0.0650. The summed E-state index contributed by atoms with van der Waals surface area (Å²) in [6.07, 6.45) is 1.61. The van der Waals surface area contributed by atoms with Gasteiger partial charge in [-0.05, 0) is 24.6 Å². The summed E-state index contributed by atoms with van der Waals surface area (Å²) in [6, 6.07) is 13.4. The molecule has 4 heteroatoms. The van der Waals surface area contributed by atoms with Crippen molar-refractivity contribution in [3.63, 3.8) is 0 Å². The molecule has 0 fully saturated rings. The first-order chi connectivity index (χ1) is 9.68. The second-order valence-corrected chi connectivity index (χ2v) is 4.67. The van der Waals surface area contributed by atoms with E-state index in [0.29, 0.717) is 6.61 Å². The van der Waals surface area contributed by atoms with Gasteiger partial charge in [0.1, 0.15) is 12.4 Å². The van der Waals surface area contributed by atoms with Gasteiger partial charge in [0.15, 0.2) is 0 Å². The van der Waals surface area contributed by atoms with Gasteiger partial charge < -0.3 is 14.1 Å². The van der Waals surface area contributed by atoms with Crippen molar-refractivity contribution in [2.75, 3.05) is 13.7 Å². The minimum atomic E-state index is -0.0992. The predicted molar refractivity (Wildman–Crippen MR) is 76.0 cm³/mol. The molecule has 0 saturated heterocycles. The topological polar surface area (TPSA) is 42.7 Å². The molecule has 0 spiro atoms. The van der Waals surface area contributed by atoms with Gasteiger partial charge in [0.05, 0.1) is 18.9 Å². The monoisotopic (exact) mass is 273 g/mol. The van der Waals surface area contributed by atoms with Crippen LogP contribution < -0.4 is 0 Å². The third kappa shape index (κ3) is 3.71. The molecule has 1 atom stereocenters. The summed E-state index contributed by atoms with van der Waals surface area (Å²) in [5, 5.41) is 0. The van der Waals surface area contributed by atoms with Crippen molar-refractivity contribution < 1.29 is 13.9 Å². The van der Waals surface area contributed by atoms with Gasteiger partial charge in [-0.25, -0.2) is 0 Å². The number of rotatable bonds is 6. The fraction of sp³-hybridized carbons (Fsp3) is 0.312. The first-order valence-corrected chi connectivity index (χ1v) is 6.59. The van der Waals surface area contributed by atoms with Crippen molar-refractivity contribution in [2.24, 2.45) is 0 Å². The van der Waals surface area contributed by atoms with Crippen LogP contribution in [0.4, 0.5) is 0 Å². The molecule has 1 aromatic heterocycles. The van der Waals surface area contributed by atoms with E-state index in [0.717, 1.165) is 11.3 Å². The Morgan fingerprint density at radius 2 is 2.00 bits per heavy atom. The molecule has 1 unspecified atom stereocenters. The molecule has 20 heavy (non-hydrogen) atoms. The molecule has 0 N–H and O–H groups in total. The number of carbonyl (C=O) groups is 1. The van der Waals surface area contributed by atoms with Crippen molar-refractivity contribution in [3.05, 3.63) is 60.1 Å². The first kappa shape index (κ1) is 14.3. The highest BCUT2D eigenvalue weighted by Gasteiger charge is 2.19. The predicted octanol–water partition coefficient (Wildman–Crippen LogP) is 3.02. The maximum Gasteiger partial charge on any atom is 0.248 e. The van der Waals surface area contributed by atoms with Crippen LogP contribution in [0.1, 0.15) is 24.3 Å². The van der Waals surface area contributed by atoms with Crippen molar-refractivity contribution in [3.8, 4) is 0 Å². The number of nitrogens with zero attached hydrogens (tertiary/aromatic N) is 1. The second kappa shape index (κ2) is 6.91. The van der Waals surface area contributed by atoms with Gasteiger partial charge in [0.25, 0.3) is 0 Å². The molecule has 0 aliphatic rings. The summed E-state index contributed by atoms with van der Waals surface area (Å²) in [5.41, 5.74) is 1.06. The number of hydrogen-bond donors (Lipinski definition) is 0. The molecule has 1 heterocycles. The zero-order valence-corrected chi connectivity index (χ0v) is 11.8. The molecule has 4 nitrogen and oxygen atoms in total. The molecule has 2 rings (SSSR count). The van der Waals surface area contributed by atoms with Crippen LogP contribution >= 0.6 is 0 Å². The Morgan fingerprint density at radius 1 is 1.25 bits per heavy atom. The lowest BCUT2D eigenvalue weighted by molar-refractivity contribution is -0.137. The largest absolute Gasteiger partial charge is 0.467 e. The molecule has 1 aromatic carbocycles. The van der Waals surface area contributed by atoms with Crippen LogP contribution in [-0.4, -0.2) is 24.5 Å². The average molecular weight is 273 g/mol. The van der Waals surface area contributed by atoms with E-state index in [1.807, 2.05) is 49.4 Å². The quantitative estimate of drug-likeness (QED) is 0.812. The van der Waals surface area contributed by atoms with E-state index in [4.69, 9.17) is 9.15 Å². The number of likely N-dealkylation sites (N-methyl/N-ethyl adjacent to an activating group) is 1. The maximum absolute atomic E-state index is 12.0. The fourth-order valence-corrected chi connectivity index (χ4v) is 1.87. The van der Waals surface area contributed by atoms with Crippen LogP contribution in [0.3, 0.4) is 0 Å². The van der Waals surface area contributed by atoms with Gasteiger partial charge in [-0.1, -0.05) is 30.3 Å². The number of carbonyl (C=O) groups excluding carboxylic acids is 1. The summed E-state index contributed by atoms with van der Waals surface area (Å²) >= 11 is 0. The minimum Gasteiger partial charge on any atom is -0.467 e. The zero-order valence-electron chi connectivity index (χ0n) is 11.8. The number of amides is 1. The zero-order chi connectivity index (χ0) is 14.4. The Labute approximate surface area is 119 Å². The van der Waals surface area contributed by atoms with Crippen LogP contribution in [0.15, 0.2) is 53.1 Å². The number of hydrogen-bond acceptors (Lipinski definition) is 3. The van der Waals surface area contributed by atoms with Crippen LogP contribution in [0, 0.1) is 0 Å². The summed E-state index contributed by atoms with van der Waals surface area (Å²) in [4.78, 5) is 13.7. The molecular formula is C16H19NO3. The lowest BCUT2D eigenvalue weighted by atomic mass is 10.2. The first-order valence-electron chi connectivity index (χ1n) is 6.59. The highest BCUT2D eigenvalue weighted by atomic mass is 16.5. The fourth-order valence-electron chi connectivity index (χ4n) is 1.87. The normalized spacial score (nSPS) is 12.1. The van der Waals surface area contributed by atoms with Crippen molar-refractivity contribution in [1.29, 1.82) is 0 Å². The summed E-state index contributed by atoms with van der Waals surface area (Å²) in [5.74, 6) is 0.703. The van der Waals surface area contributed by atoms with E-state index < -0.39 is 0 Å². The molecule has 106 valence electrons. The highest BCUT2D eigenvalue weighted by molar-refractivity contribution is 5.77. The molecule has 0 radical (unpaired) electrons. The highest BCUT2D eigenvalue weighted by Crippen LogP contribution is 2.18. The van der Waals surface area contributed by atoms with Crippen LogP contribution in [-0.2, 0) is 16.1 Å². The van der Waals surface area contributed by atoms with Crippen molar-refractivity contribution in [1.82, 2.24) is 4.90 Å². The lowest BCUT2D eigenvalue weighted by Gasteiger charge is -2.23. The SMILES string of the molecule is CC(c1ccco1)N(C)C(=O)COCc1ccccc1. The third-order valence-corrected chi connectivity index (χ3v) is 3.27. The van der Waals surface area contributed by atoms with E-state index in [2.05, 4.69) is 0 Å². The van der Waals surface area contributed by atoms with E-state index in [1.165, 1.54) is 0 Å². The summed E-state index contributed by atoms with van der Waals surface area (Å²) in [7, 11) is 1.75. The van der Waals surface area contributed by atoms with E-state index in [9.17, 15) is 4.79 Å². The van der Waals surface area contributed by atoms with Crippen LogP contribution in [0.5, 0.6) is 0 Å². The third-order valence-electron chi connectivity index (χ3n) is 3.27. The molecule has 0 saturated carbocycles. The average Bonchev–Trinajstić information content (AvgIpc) is 3.01. The summed E-state index contributed by atoms with van der Waals surface area (Å²) in [6.45, 7) is 2.43. The molecule has 0 aliphatic heterocycles. The Morgan fingerprint density at radius 3 is 2.65 bits per heavy atom. The Balaban J connectivity index is 1.80. The second-order valence-electron chi connectivity index (χ2n) is 4.67. The molecule has 1 amide bonds. The van der Waals surface area contributed by atoms with Gasteiger partial charge in [-0.3, -0.25) is 4.79 Å². The van der Waals surface area contributed by atoms with Crippen molar-refractivity contribution in [2.45, 2.75) is 19.6 Å². The summed E-state index contributed by atoms with van der Waals surface area (Å²) < 4.78 is 10.8. The molecule has 0 aliphatic carbocycles. The van der Waals surface area contributed by atoms with Gasteiger partial charge in [-0.15, -0.1) is 0 Å². The van der Waals surface area contributed by atoms with Crippen LogP contribution in [0.25, 0.3) is 0 Å². The smallest absolute Gasteiger partial charge is 0.248 e. The maximum atomic E-state index is 12.0. The van der Waals surface area contributed by atoms with E-state index in [1.54, 1.807) is 18.2 Å². The lowest BCUT2D eigenvalue weighted by Crippen LogP contribution is -2.32. The van der Waals surface area contributed by atoms with Gasteiger partial charge in [-0.2, -0.15) is 0 Å². The molecule has 0 bridgehead atoms. The number of ether oxygens (including phenoxy) is 1. The van der Waals surface area contributed by atoms with Crippen molar-refractivity contribution >= 4 is 5.91 Å². The van der Waals surface area contributed by atoms with E-state index in [-0.39, 0.29) is 18.6 Å². The standard InChI is InChI=1S/C16H19NO3/c1-13(15-9-6-10-20-15)17(2)16(18)12-19-11-14-7-4-3-5-8-14/h3-10,13H,11-12H2,1-2H3. The van der Waals surface area contributed by atoms with Crippen LogP contribution in [0.2, 0.25) is 0 Å². The molecule has 2 aromatic rings. The Hall–Kier alpha value is -2.07. The number of furan rings is 1. The Kier molecular flexibility index (Phi) is 4.96. The van der Waals surface area contributed by atoms with E-state index >= 15 is 0 Å². The van der Waals surface area contributed by atoms with Gasteiger partial charge >= 0.3 is 0 Å². The Bertz CT molecular complexity index is 522. The molecular weight excluding hydrogens is 254 g/mol. The number of benzene rings is 1.